The van der Waals surface area contributed by atoms with Crippen LogP contribution in [0.15, 0.2) is 64.4 Å². The van der Waals surface area contributed by atoms with Gasteiger partial charge in [0, 0.05) is 40.3 Å². The first-order valence-corrected chi connectivity index (χ1v) is 20.8. The Kier molecular flexibility index (Phi) is 18.9. The first-order valence-electron chi connectivity index (χ1n) is 16.6. The summed E-state index contributed by atoms with van der Waals surface area (Å²) in [5.74, 6) is -4.32. The summed E-state index contributed by atoms with van der Waals surface area (Å²) in [4.78, 5) is 50.6. The van der Waals surface area contributed by atoms with Crippen LogP contribution in [0.4, 0.5) is 0 Å². The predicted molar refractivity (Wildman–Crippen MR) is 221 cm³/mol. The number of hydrogen-bond donors (Lipinski definition) is 10. The van der Waals surface area contributed by atoms with Crippen LogP contribution in [0, 0.1) is 20.8 Å². The molecule has 10 N–H and O–H groups in total. The third-order valence-corrected chi connectivity index (χ3v) is 10.3. The molecule has 0 saturated carbocycles. The highest BCUT2D eigenvalue weighted by Crippen LogP contribution is 2.38. The van der Waals surface area contributed by atoms with E-state index in [2.05, 4.69) is 0 Å². The van der Waals surface area contributed by atoms with Gasteiger partial charge in [0.25, 0.3) is 0 Å². The smallest absolute Gasteiger partial charge is 0.179 e. The minimum absolute atomic E-state index is 0.0132. The van der Waals surface area contributed by atoms with E-state index in [4.69, 9.17) is 52.5 Å². The summed E-state index contributed by atoms with van der Waals surface area (Å²) in [6.07, 6.45) is 4.26. The van der Waals surface area contributed by atoms with Gasteiger partial charge < -0.3 is 51.1 Å². The van der Waals surface area contributed by atoms with Crippen LogP contribution in [0.25, 0.3) is 0 Å². The standard InChI is InChI=1S/C8H7ClO3.2C8H8O5S.2C8H8O3/c1-4-2-5(3-10)6(9)8(12)7(4)11;2*1-14(12,13)7-3-5(4-9)2-6(10)8(7)11;2*1-5-2-6(4-9)3-7(10)8(5)11/h2-3,11-12H,1H3;2*2-4,10-11H,1H3;2*2-4,10-11H,1H3. The summed E-state index contributed by atoms with van der Waals surface area (Å²) in [6, 6.07) is 10.8. The number of sulfone groups is 2. The van der Waals surface area contributed by atoms with Crippen molar-refractivity contribution in [3.8, 4) is 57.5 Å². The molecule has 62 heavy (non-hydrogen) atoms. The number of aryl methyl sites for hydroxylation is 3. The van der Waals surface area contributed by atoms with E-state index in [1.54, 1.807) is 20.8 Å². The van der Waals surface area contributed by atoms with E-state index in [-0.39, 0.29) is 50.5 Å². The number of aldehydes is 5. The van der Waals surface area contributed by atoms with Crippen LogP contribution in [-0.2, 0) is 19.7 Å². The van der Waals surface area contributed by atoms with E-state index in [0.29, 0.717) is 59.2 Å². The number of rotatable bonds is 7. The zero-order chi connectivity index (χ0) is 48.0. The first kappa shape index (κ1) is 52.7. The van der Waals surface area contributed by atoms with Gasteiger partial charge >= 0.3 is 0 Å². The highest BCUT2D eigenvalue weighted by atomic mass is 35.5. The molecule has 0 bridgehead atoms. The molecule has 0 saturated heterocycles. The zero-order valence-electron chi connectivity index (χ0n) is 32.9. The van der Waals surface area contributed by atoms with Crippen molar-refractivity contribution in [1.29, 1.82) is 0 Å². The fourth-order valence-electron chi connectivity index (χ4n) is 4.52. The number of hydrogen-bond acceptors (Lipinski definition) is 19. The van der Waals surface area contributed by atoms with Crippen LogP contribution in [0.1, 0.15) is 68.5 Å². The number of benzene rings is 5. The van der Waals surface area contributed by atoms with Gasteiger partial charge in [-0.3, -0.25) is 24.0 Å². The van der Waals surface area contributed by atoms with Crippen molar-refractivity contribution in [2.45, 2.75) is 30.6 Å². The van der Waals surface area contributed by atoms with E-state index in [0.717, 1.165) is 36.8 Å². The van der Waals surface area contributed by atoms with Gasteiger partial charge in [-0.05, 0) is 92.1 Å². The fraction of sp³-hybridized carbons (Fsp3) is 0.125. The molecule has 5 aromatic rings. The first-order chi connectivity index (χ1) is 28.6. The molecular weight excluding hydrogens is 884 g/mol. The monoisotopic (exact) mass is 922 g/mol. The lowest BCUT2D eigenvalue weighted by Crippen LogP contribution is -1.99. The van der Waals surface area contributed by atoms with Crippen molar-refractivity contribution < 1.29 is 91.9 Å². The Morgan fingerprint density at radius 1 is 0.387 bits per heavy atom. The molecule has 5 aromatic carbocycles. The molecule has 0 spiro atoms. The number of halogens is 1. The second-order valence-electron chi connectivity index (χ2n) is 12.6. The summed E-state index contributed by atoms with van der Waals surface area (Å²) >= 11 is 5.53. The molecular formula is C40H39ClO19S2. The lowest BCUT2D eigenvalue weighted by Gasteiger charge is -2.05. The number of phenolic OH excluding ortho intramolecular Hbond substituents is 10. The normalized spacial score (nSPS) is 10.4. The number of carbonyl (C=O) groups is 5. The van der Waals surface area contributed by atoms with Crippen molar-refractivity contribution in [1.82, 2.24) is 0 Å². The van der Waals surface area contributed by atoms with Gasteiger partial charge in [0.15, 0.2) is 83.5 Å². The minimum atomic E-state index is -3.66. The molecule has 0 aliphatic heterocycles. The van der Waals surface area contributed by atoms with Crippen LogP contribution in [0.3, 0.4) is 0 Å². The Bertz CT molecular complexity index is 2530. The largest absolute Gasteiger partial charge is 0.504 e. The van der Waals surface area contributed by atoms with Gasteiger partial charge in [-0.25, -0.2) is 16.8 Å². The molecule has 0 amide bonds. The summed E-state index contributed by atoms with van der Waals surface area (Å²) in [6.45, 7) is 4.79. The van der Waals surface area contributed by atoms with Crippen molar-refractivity contribution in [3.63, 3.8) is 0 Å². The van der Waals surface area contributed by atoms with E-state index >= 15 is 0 Å². The second kappa shape index (κ2) is 22.3. The maximum absolute atomic E-state index is 11.1. The molecule has 19 nitrogen and oxygen atoms in total. The Labute approximate surface area is 358 Å². The van der Waals surface area contributed by atoms with Gasteiger partial charge in [-0.15, -0.1) is 0 Å². The highest BCUT2D eigenvalue weighted by Gasteiger charge is 2.19. The van der Waals surface area contributed by atoms with Gasteiger partial charge in [-0.1, -0.05) is 11.6 Å². The summed E-state index contributed by atoms with van der Waals surface area (Å²) in [5.41, 5.74) is 2.26. The second-order valence-corrected chi connectivity index (χ2v) is 17.0. The molecule has 0 heterocycles. The molecule has 0 atom stereocenters. The molecule has 0 radical (unpaired) electrons. The Morgan fingerprint density at radius 2 is 0.661 bits per heavy atom. The summed E-state index contributed by atoms with van der Waals surface area (Å²) in [7, 11) is -7.31. The third-order valence-electron chi connectivity index (χ3n) is 7.66. The number of phenols is 10. The van der Waals surface area contributed by atoms with Crippen LogP contribution < -0.4 is 0 Å². The molecule has 0 aliphatic carbocycles. The van der Waals surface area contributed by atoms with Crippen molar-refractivity contribution >= 4 is 62.7 Å². The topological polar surface area (TPSA) is 356 Å². The molecule has 22 heteroatoms. The van der Waals surface area contributed by atoms with E-state index in [1.807, 2.05) is 0 Å². The van der Waals surface area contributed by atoms with Gasteiger partial charge in [-0.2, -0.15) is 0 Å². The maximum atomic E-state index is 11.1. The Hall–Kier alpha value is -7.36. The zero-order valence-corrected chi connectivity index (χ0v) is 35.3. The predicted octanol–water partition coefficient (Wildman–Crippen LogP) is 4.94. The maximum Gasteiger partial charge on any atom is 0.179 e. The average Bonchev–Trinajstić information content (AvgIpc) is 3.21. The van der Waals surface area contributed by atoms with E-state index in [1.165, 1.54) is 30.3 Å². The molecule has 0 aromatic heterocycles. The van der Waals surface area contributed by atoms with Crippen LogP contribution in [0.5, 0.6) is 57.5 Å². The van der Waals surface area contributed by atoms with Crippen LogP contribution >= 0.6 is 11.6 Å². The lowest BCUT2D eigenvalue weighted by atomic mass is 10.1. The molecule has 0 unspecified atom stereocenters. The van der Waals surface area contributed by atoms with Crippen molar-refractivity contribution in [2.75, 3.05) is 12.5 Å². The minimum Gasteiger partial charge on any atom is -0.504 e. The molecule has 332 valence electrons. The van der Waals surface area contributed by atoms with Crippen LogP contribution in [0.2, 0.25) is 5.02 Å². The Morgan fingerprint density at radius 3 is 0.919 bits per heavy atom. The third kappa shape index (κ3) is 14.4. The molecule has 5 rings (SSSR count). The van der Waals surface area contributed by atoms with Gasteiger partial charge in [0.1, 0.15) is 34.9 Å². The average molecular weight is 923 g/mol. The quantitative estimate of drug-likeness (QED) is 0.0763. The van der Waals surface area contributed by atoms with Gasteiger partial charge in [0.2, 0.25) is 0 Å². The number of aromatic hydroxyl groups is 10. The van der Waals surface area contributed by atoms with Crippen LogP contribution in [-0.4, -0.2) is 112 Å². The molecule has 0 aliphatic rings. The summed E-state index contributed by atoms with van der Waals surface area (Å²) in [5, 5.41) is 90.9. The Balaban J connectivity index is 0.000000389. The highest BCUT2D eigenvalue weighted by molar-refractivity contribution is 7.91. The van der Waals surface area contributed by atoms with E-state index in [9.17, 15) is 51.0 Å². The molecule has 0 fully saturated rings. The van der Waals surface area contributed by atoms with Gasteiger partial charge in [0.05, 0.1) is 5.02 Å². The van der Waals surface area contributed by atoms with Crippen molar-refractivity contribution in [2.24, 2.45) is 0 Å². The summed E-state index contributed by atoms with van der Waals surface area (Å²) < 4.78 is 44.3. The lowest BCUT2D eigenvalue weighted by molar-refractivity contribution is 0.111. The van der Waals surface area contributed by atoms with Crippen molar-refractivity contribution in [3.05, 3.63) is 104 Å². The SMILES string of the molecule is CS(=O)(=O)c1cc(C=O)cc(O)c1O.CS(=O)(=O)c1cc(C=O)cc(O)c1O.Cc1cc(C=O)c(Cl)c(O)c1O.Cc1cc(C=O)cc(O)c1O.Cc1cc(C=O)cc(O)c1O. The number of carbonyl (C=O) groups excluding carboxylic acids is 5. The fourth-order valence-corrected chi connectivity index (χ4v) is 6.32. The van der Waals surface area contributed by atoms with E-state index < -0.39 is 58.2 Å².